The van der Waals surface area contributed by atoms with Crippen LogP contribution in [0.1, 0.15) is 31.5 Å². The number of hydrogen-bond donors (Lipinski definition) is 0. The standard InChI is InChI=1S/C16H21Cl2N5O4/c1-10-9-27-14(18)8-12(10)22-11(2)15(23(24)25)16(20-22)26-7-3-5-21-6-4-13(17)19-21/h4,6,10,12,14H,3,5,7-9H2,1-2H3. The van der Waals surface area contributed by atoms with Crippen molar-refractivity contribution in [1.29, 1.82) is 0 Å². The molecule has 0 amide bonds. The Morgan fingerprint density at radius 2 is 2.26 bits per heavy atom. The molecule has 0 aliphatic carbocycles. The molecular formula is C16H21Cl2N5O4. The van der Waals surface area contributed by atoms with Crippen LogP contribution in [0.25, 0.3) is 0 Å². The van der Waals surface area contributed by atoms with Crippen LogP contribution in [0.5, 0.6) is 5.88 Å². The normalized spacial score (nSPS) is 22.7. The van der Waals surface area contributed by atoms with Gasteiger partial charge >= 0.3 is 11.6 Å². The monoisotopic (exact) mass is 417 g/mol. The van der Waals surface area contributed by atoms with E-state index in [-0.39, 0.29) is 30.1 Å². The lowest BCUT2D eigenvalue weighted by Gasteiger charge is -2.32. The summed E-state index contributed by atoms with van der Waals surface area (Å²) in [7, 11) is 0. The van der Waals surface area contributed by atoms with Crippen LogP contribution in [0.2, 0.25) is 5.15 Å². The molecule has 2 aromatic rings. The second-order valence-electron chi connectivity index (χ2n) is 6.57. The Kier molecular flexibility index (Phi) is 6.23. The average Bonchev–Trinajstić information content (AvgIpc) is 3.17. The third-order valence-corrected chi connectivity index (χ3v) is 5.09. The van der Waals surface area contributed by atoms with Crippen LogP contribution < -0.4 is 4.74 Å². The van der Waals surface area contributed by atoms with Crippen molar-refractivity contribution in [1.82, 2.24) is 19.6 Å². The largest absolute Gasteiger partial charge is 0.472 e. The number of nitro groups is 1. The first-order valence-electron chi connectivity index (χ1n) is 8.67. The number of nitrogens with zero attached hydrogens (tertiary/aromatic N) is 5. The molecule has 3 unspecified atom stereocenters. The molecule has 27 heavy (non-hydrogen) atoms. The predicted octanol–water partition coefficient (Wildman–Crippen LogP) is 3.58. The van der Waals surface area contributed by atoms with Crippen LogP contribution in [-0.4, -0.2) is 43.3 Å². The lowest BCUT2D eigenvalue weighted by molar-refractivity contribution is -0.386. The maximum Gasteiger partial charge on any atom is 0.352 e. The van der Waals surface area contributed by atoms with Gasteiger partial charge < -0.3 is 9.47 Å². The lowest BCUT2D eigenvalue weighted by atomic mass is 9.98. The molecule has 0 radical (unpaired) electrons. The van der Waals surface area contributed by atoms with E-state index in [1.54, 1.807) is 28.6 Å². The van der Waals surface area contributed by atoms with Gasteiger partial charge in [0, 0.05) is 31.5 Å². The second-order valence-corrected chi connectivity index (χ2v) is 7.44. The van der Waals surface area contributed by atoms with E-state index in [4.69, 9.17) is 32.7 Å². The summed E-state index contributed by atoms with van der Waals surface area (Å²) in [5, 5.41) is 20.4. The summed E-state index contributed by atoms with van der Waals surface area (Å²) in [6, 6.07) is 1.61. The van der Waals surface area contributed by atoms with Crippen molar-refractivity contribution >= 4 is 28.9 Å². The van der Waals surface area contributed by atoms with Gasteiger partial charge in [-0.2, -0.15) is 5.10 Å². The third kappa shape index (κ3) is 4.53. The van der Waals surface area contributed by atoms with E-state index in [1.807, 2.05) is 6.92 Å². The van der Waals surface area contributed by atoms with Crippen LogP contribution >= 0.6 is 23.2 Å². The molecule has 0 saturated carbocycles. The number of alkyl halides is 1. The maximum atomic E-state index is 11.5. The fraction of sp³-hybridized carbons (Fsp3) is 0.625. The van der Waals surface area contributed by atoms with E-state index >= 15 is 0 Å². The van der Waals surface area contributed by atoms with Crippen LogP contribution in [0.4, 0.5) is 5.69 Å². The molecule has 0 N–H and O–H groups in total. The number of aromatic nitrogens is 4. The van der Waals surface area contributed by atoms with Gasteiger partial charge in [0.05, 0.1) is 24.2 Å². The van der Waals surface area contributed by atoms with Crippen molar-refractivity contribution in [3.8, 4) is 5.88 Å². The number of hydrogen-bond acceptors (Lipinski definition) is 6. The van der Waals surface area contributed by atoms with E-state index in [1.165, 1.54) is 0 Å². The molecule has 0 bridgehead atoms. The minimum atomic E-state index is -0.455. The summed E-state index contributed by atoms with van der Waals surface area (Å²) in [6.07, 6.45) is 2.90. The van der Waals surface area contributed by atoms with Gasteiger partial charge in [-0.15, -0.1) is 5.10 Å². The van der Waals surface area contributed by atoms with E-state index < -0.39 is 10.5 Å². The van der Waals surface area contributed by atoms with E-state index in [0.29, 0.717) is 36.8 Å². The molecule has 148 valence electrons. The zero-order valence-electron chi connectivity index (χ0n) is 15.0. The highest BCUT2D eigenvalue weighted by Gasteiger charge is 2.35. The Morgan fingerprint density at radius 3 is 2.93 bits per heavy atom. The molecule has 3 atom stereocenters. The van der Waals surface area contributed by atoms with Crippen molar-refractivity contribution in [2.75, 3.05) is 13.2 Å². The van der Waals surface area contributed by atoms with Crippen molar-refractivity contribution in [2.45, 2.75) is 44.8 Å². The van der Waals surface area contributed by atoms with E-state index in [0.717, 1.165) is 0 Å². The van der Waals surface area contributed by atoms with E-state index in [9.17, 15) is 10.1 Å². The van der Waals surface area contributed by atoms with Gasteiger partial charge in [-0.3, -0.25) is 19.5 Å². The fourth-order valence-corrected chi connectivity index (χ4v) is 3.58. The van der Waals surface area contributed by atoms with Crippen molar-refractivity contribution in [2.24, 2.45) is 5.92 Å². The Labute approximate surface area is 166 Å². The molecule has 0 aromatic carbocycles. The number of rotatable bonds is 7. The van der Waals surface area contributed by atoms with Crippen LogP contribution in [-0.2, 0) is 11.3 Å². The number of halogens is 2. The van der Waals surface area contributed by atoms with Gasteiger partial charge in [-0.1, -0.05) is 30.1 Å². The van der Waals surface area contributed by atoms with Gasteiger partial charge in [-0.05, 0) is 13.0 Å². The Morgan fingerprint density at radius 1 is 1.48 bits per heavy atom. The van der Waals surface area contributed by atoms with Gasteiger partial charge in [0.2, 0.25) is 0 Å². The SMILES string of the molecule is Cc1c([N+](=O)[O-])c(OCCCn2ccc(Cl)n2)nn1C1CC(Cl)OCC1C. The van der Waals surface area contributed by atoms with E-state index in [2.05, 4.69) is 10.2 Å². The van der Waals surface area contributed by atoms with Crippen LogP contribution in [0, 0.1) is 23.0 Å². The molecule has 3 rings (SSSR count). The second kappa shape index (κ2) is 8.45. The van der Waals surface area contributed by atoms with Crippen LogP contribution in [0.15, 0.2) is 12.3 Å². The zero-order valence-corrected chi connectivity index (χ0v) is 16.6. The molecular weight excluding hydrogens is 397 g/mol. The maximum absolute atomic E-state index is 11.5. The van der Waals surface area contributed by atoms with Gasteiger partial charge in [-0.25, -0.2) is 0 Å². The van der Waals surface area contributed by atoms with Crippen molar-refractivity contribution in [3.05, 3.63) is 33.2 Å². The molecule has 3 heterocycles. The van der Waals surface area contributed by atoms with Crippen molar-refractivity contribution in [3.63, 3.8) is 0 Å². The minimum absolute atomic E-state index is 0.0285. The molecule has 1 aliphatic heterocycles. The summed E-state index contributed by atoms with van der Waals surface area (Å²) in [6.45, 7) is 5.03. The summed E-state index contributed by atoms with van der Waals surface area (Å²) in [4.78, 5) is 11.1. The van der Waals surface area contributed by atoms with Gasteiger partial charge in [0.1, 0.15) is 11.3 Å². The Hall–Kier alpha value is -1.84. The number of ether oxygens (including phenoxy) is 2. The highest BCUT2D eigenvalue weighted by molar-refractivity contribution is 6.29. The molecule has 1 aliphatic rings. The fourth-order valence-electron chi connectivity index (χ4n) is 3.17. The van der Waals surface area contributed by atoms with Crippen molar-refractivity contribution < 1.29 is 14.4 Å². The molecule has 11 heteroatoms. The predicted molar refractivity (Wildman–Crippen MR) is 99.4 cm³/mol. The quantitative estimate of drug-likeness (QED) is 0.295. The topological polar surface area (TPSA) is 97.2 Å². The average molecular weight is 418 g/mol. The molecule has 1 fully saturated rings. The smallest absolute Gasteiger partial charge is 0.352 e. The Balaban J connectivity index is 1.71. The summed E-state index contributed by atoms with van der Waals surface area (Å²) < 4.78 is 14.4. The lowest BCUT2D eigenvalue weighted by Crippen LogP contribution is -2.32. The summed E-state index contributed by atoms with van der Waals surface area (Å²) in [5.74, 6) is 0.163. The molecule has 1 saturated heterocycles. The molecule has 0 spiro atoms. The summed E-state index contributed by atoms with van der Waals surface area (Å²) in [5.41, 5.74) is -0.0856. The molecule has 2 aromatic heterocycles. The minimum Gasteiger partial charge on any atom is -0.472 e. The summed E-state index contributed by atoms with van der Waals surface area (Å²) >= 11 is 11.9. The zero-order chi connectivity index (χ0) is 19.6. The number of aryl methyl sites for hydroxylation is 1. The first-order valence-corrected chi connectivity index (χ1v) is 9.49. The molecule has 9 nitrogen and oxygen atoms in total. The van der Waals surface area contributed by atoms with Crippen LogP contribution in [0.3, 0.4) is 0 Å². The van der Waals surface area contributed by atoms with Gasteiger partial charge in [0.25, 0.3) is 0 Å². The van der Waals surface area contributed by atoms with Gasteiger partial charge in [0.15, 0.2) is 5.15 Å². The highest BCUT2D eigenvalue weighted by Crippen LogP contribution is 2.37. The first-order chi connectivity index (χ1) is 12.9. The first kappa shape index (κ1) is 19.9. The third-order valence-electron chi connectivity index (χ3n) is 4.59. The highest BCUT2D eigenvalue weighted by atomic mass is 35.5. The Bertz CT molecular complexity index is 809.